The van der Waals surface area contributed by atoms with Crippen molar-refractivity contribution in [3.05, 3.63) is 84.4 Å². The molecule has 4 nitrogen and oxygen atoms in total. The first kappa shape index (κ1) is 15.1. The molecule has 0 bridgehead atoms. The lowest BCUT2D eigenvalue weighted by molar-refractivity contribution is 0.0601. The van der Waals surface area contributed by atoms with Crippen LogP contribution in [0.3, 0.4) is 0 Å². The number of hydrogen-bond donors (Lipinski definition) is 0. The van der Waals surface area contributed by atoms with Crippen molar-refractivity contribution >= 4 is 17.0 Å². The van der Waals surface area contributed by atoms with E-state index in [0.29, 0.717) is 5.56 Å². The van der Waals surface area contributed by atoms with E-state index in [2.05, 4.69) is 4.57 Å². The zero-order valence-corrected chi connectivity index (χ0v) is 13.7. The Hall–Kier alpha value is -3.40. The van der Waals surface area contributed by atoms with Crippen LogP contribution in [0.4, 0.5) is 0 Å². The molecule has 0 saturated heterocycles. The summed E-state index contributed by atoms with van der Waals surface area (Å²) in [6, 6.07) is 25.5. The maximum Gasteiger partial charge on any atom is 0.337 e. The Morgan fingerprint density at radius 2 is 1.56 bits per heavy atom. The highest BCUT2D eigenvalue weighted by atomic mass is 16.5. The van der Waals surface area contributed by atoms with E-state index >= 15 is 0 Å². The third-order valence-electron chi connectivity index (χ3n) is 4.14. The Kier molecular flexibility index (Phi) is 3.78. The van der Waals surface area contributed by atoms with Gasteiger partial charge in [0.25, 0.3) is 0 Å². The third kappa shape index (κ3) is 2.68. The lowest BCUT2D eigenvalue weighted by Crippen LogP contribution is -2.02. The van der Waals surface area contributed by atoms with Crippen LogP contribution < -0.4 is 0 Å². The van der Waals surface area contributed by atoms with Gasteiger partial charge >= 0.3 is 5.97 Å². The molecule has 0 amide bonds. The van der Waals surface area contributed by atoms with Crippen molar-refractivity contribution in [1.82, 2.24) is 9.55 Å². The van der Waals surface area contributed by atoms with Crippen LogP contribution in [0.25, 0.3) is 28.1 Å². The summed E-state index contributed by atoms with van der Waals surface area (Å²) in [5, 5.41) is 0. The number of esters is 1. The molecular weight excluding hydrogens is 312 g/mol. The number of aromatic nitrogens is 2. The zero-order valence-electron chi connectivity index (χ0n) is 13.7. The first-order chi connectivity index (χ1) is 12.3. The number of rotatable bonds is 3. The van der Waals surface area contributed by atoms with Gasteiger partial charge in [-0.25, -0.2) is 9.78 Å². The second-order valence-corrected chi connectivity index (χ2v) is 5.66. The van der Waals surface area contributed by atoms with Gasteiger partial charge in [-0.3, -0.25) is 4.57 Å². The van der Waals surface area contributed by atoms with Gasteiger partial charge in [-0.2, -0.15) is 0 Å². The quantitative estimate of drug-likeness (QED) is 0.521. The summed E-state index contributed by atoms with van der Waals surface area (Å²) in [6.07, 6.45) is 0. The molecule has 1 aromatic heterocycles. The van der Waals surface area contributed by atoms with Crippen molar-refractivity contribution < 1.29 is 9.53 Å². The molecule has 4 rings (SSSR count). The van der Waals surface area contributed by atoms with Crippen molar-refractivity contribution in [3.63, 3.8) is 0 Å². The van der Waals surface area contributed by atoms with E-state index < -0.39 is 0 Å². The molecule has 0 aliphatic heterocycles. The summed E-state index contributed by atoms with van der Waals surface area (Å²) in [6.45, 7) is 0. The topological polar surface area (TPSA) is 44.1 Å². The van der Waals surface area contributed by atoms with Crippen LogP contribution in [0.2, 0.25) is 0 Å². The Bertz CT molecular complexity index is 1030. The number of hydrogen-bond acceptors (Lipinski definition) is 3. The van der Waals surface area contributed by atoms with E-state index in [-0.39, 0.29) is 5.97 Å². The van der Waals surface area contributed by atoms with Gasteiger partial charge in [0.05, 0.1) is 23.7 Å². The van der Waals surface area contributed by atoms with Crippen LogP contribution in [0.15, 0.2) is 78.9 Å². The highest BCUT2D eigenvalue weighted by molar-refractivity contribution is 5.90. The second-order valence-electron chi connectivity index (χ2n) is 5.66. The molecule has 0 unspecified atom stereocenters. The van der Waals surface area contributed by atoms with Gasteiger partial charge in [-0.15, -0.1) is 0 Å². The molecule has 0 N–H and O–H groups in total. The summed E-state index contributed by atoms with van der Waals surface area (Å²) in [5.41, 5.74) is 4.46. The number of fused-ring (bicyclic) bond motifs is 1. The Balaban J connectivity index is 1.92. The lowest BCUT2D eigenvalue weighted by atomic mass is 10.2. The molecule has 0 spiro atoms. The van der Waals surface area contributed by atoms with Crippen molar-refractivity contribution in [3.8, 4) is 17.1 Å². The first-order valence-electron chi connectivity index (χ1n) is 7.99. The van der Waals surface area contributed by atoms with Gasteiger partial charge < -0.3 is 4.74 Å². The van der Waals surface area contributed by atoms with Crippen LogP contribution in [-0.2, 0) is 4.74 Å². The van der Waals surface area contributed by atoms with E-state index in [9.17, 15) is 4.79 Å². The van der Waals surface area contributed by atoms with Crippen LogP contribution in [0.5, 0.6) is 0 Å². The molecule has 0 atom stereocenters. The maximum absolute atomic E-state index is 11.7. The molecule has 0 fully saturated rings. The van der Waals surface area contributed by atoms with Crippen molar-refractivity contribution in [2.45, 2.75) is 0 Å². The number of methoxy groups -OCH3 is 1. The van der Waals surface area contributed by atoms with Gasteiger partial charge in [0.15, 0.2) is 0 Å². The van der Waals surface area contributed by atoms with Crippen molar-refractivity contribution in [2.24, 2.45) is 0 Å². The van der Waals surface area contributed by atoms with Gasteiger partial charge in [-0.1, -0.05) is 42.5 Å². The Labute approximate surface area is 145 Å². The number of benzene rings is 3. The molecule has 4 aromatic rings. The highest BCUT2D eigenvalue weighted by Crippen LogP contribution is 2.28. The predicted molar refractivity (Wildman–Crippen MR) is 97.8 cm³/mol. The number of nitrogens with zero attached hydrogens (tertiary/aromatic N) is 2. The van der Waals surface area contributed by atoms with Crippen LogP contribution in [0, 0.1) is 0 Å². The van der Waals surface area contributed by atoms with E-state index in [1.165, 1.54) is 7.11 Å². The number of para-hydroxylation sites is 2. The maximum atomic E-state index is 11.7. The minimum absolute atomic E-state index is 0.342. The average Bonchev–Trinajstić information content (AvgIpc) is 3.08. The minimum Gasteiger partial charge on any atom is -0.465 e. The lowest BCUT2D eigenvalue weighted by Gasteiger charge is -2.10. The Morgan fingerprint density at radius 1 is 0.880 bits per heavy atom. The standard InChI is InChI=1S/C21H16N2O2/c1-25-21(24)16-11-13-17(14-12-16)23-19-10-6-5-9-18(19)22-20(23)15-7-3-2-4-8-15/h2-14H,1H3. The minimum atomic E-state index is -0.342. The average molecular weight is 328 g/mol. The monoisotopic (exact) mass is 328 g/mol. The molecule has 25 heavy (non-hydrogen) atoms. The first-order valence-corrected chi connectivity index (χ1v) is 7.99. The fraction of sp³-hybridized carbons (Fsp3) is 0.0476. The smallest absolute Gasteiger partial charge is 0.337 e. The largest absolute Gasteiger partial charge is 0.465 e. The van der Waals surface area contributed by atoms with Crippen LogP contribution >= 0.6 is 0 Å². The van der Waals surface area contributed by atoms with E-state index in [1.54, 1.807) is 12.1 Å². The number of imidazole rings is 1. The fourth-order valence-electron chi connectivity index (χ4n) is 2.93. The summed E-state index contributed by atoms with van der Waals surface area (Å²) in [5.74, 6) is 0.526. The van der Waals surface area contributed by atoms with Crippen LogP contribution in [-0.4, -0.2) is 22.6 Å². The van der Waals surface area contributed by atoms with E-state index in [0.717, 1.165) is 28.1 Å². The molecule has 0 aliphatic rings. The normalized spacial score (nSPS) is 10.8. The van der Waals surface area contributed by atoms with Gasteiger partial charge in [0.1, 0.15) is 5.82 Å². The molecule has 122 valence electrons. The SMILES string of the molecule is COC(=O)c1ccc(-n2c(-c3ccccc3)nc3ccccc32)cc1. The summed E-state index contributed by atoms with van der Waals surface area (Å²) >= 11 is 0. The van der Waals surface area contributed by atoms with Gasteiger partial charge in [0, 0.05) is 11.3 Å². The number of ether oxygens (including phenoxy) is 1. The summed E-state index contributed by atoms with van der Waals surface area (Å²) < 4.78 is 6.87. The molecule has 3 aromatic carbocycles. The second kappa shape index (κ2) is 6.24. The molecular formula is C21H16N2O2. The van der Waals surface area contributed by atoms with Crippen molar-refractivity contribution in [1.29, 1.82) is 0 Å². The molecule has 0 saturated carbocycles. The van der Waals surface area contributed by atoms with Gasteiger partial charge in [0.2, 0.25) is 0 Å². The van der Waals surface area contributed by atoms with Crippen molar-refractivity contribution in [2.75, 3.05) is 7.11 Å². The van der Waals surface area contributed by atoms with E-state index in [4.69, 9.17) is 9.72 Å². The number of carbonyl (C=O) groups is 1. The van der Waals surface area contributed by atoms with E-state index in [1.807, 2.05) is 66.7 Å². The molecule has 0 aliphatic carbocycles. The molecule has 1 heterocycles. The predicted octanol–water partition coefficient (Wildman–Crippen LogP) is 4.48. The fourth-order valence-corrected chi connectivity index (χ4v) is 2.93. The number of carbonyl (C=O) groups excluding carboxylic acids is 1. The third-order valence-corrected chi connectivity index (χ3v) is 4.14. The van der Waals surface area contributed by atoms with Gasteiger partial charge in [-0.05, 0) is 36.4 Å². The highest BCUT2D eigenvalue weighted by Gasteiger charge is 2.14. The summed E-state index contributed by atoms with van der Waals surface area (Å²) in [7, 11) is 1.38. The van der Waals surface area contributed by atoms with Crippen LogP contribution in [0.1, 0.15) is 10.4 Å². The molecule has 4 heteroatoms. The Morgan fingerprint density at radius 3 is 2.28 bits per heavy atom. The summed E-state index contributed by atoms with van der Waals surface area (Å²) in [4.78, 5) is 16.5. The zero-order chi connectivity index (χ0) is 17.2. The molecule has 0 radical (unpaired) electrons.